The van der Waals surface area contributed by atoms with E-state index in [4.69, 9.17) is 0 Å². The highest BCUT2D eigenvalue weighted by atomic mass is 14.3. The van der Waals surface area contributed by atoms with Gasteiger partial charge in [-0.2, -0.15) is 0 Å². The van der Waals surface area contributed by atoms with E-state index in [0.717, 1.165) is 35.5 Å². The van der Waals surface area contributed by atoms with Crippen molar-refractivity contribution >= 4 is 0 Å². The van der Waals surface area contributed by atoms with Crippen LogP contribution in [0.5, 0.6) is 0 Å². The molecule has 0 aromatic carbocycles. The Kier molecular flexibility index (Phi) is 9.76. The second kappa shape index (κ2) is 10.7. The first-order chi connectivity index (χ1) is 10.4. The van der Waals surface area contributed by atoms with Gasteiger partial charge in [0, 0.05) is 0 Å². The van der Waals surface area contributed by atoms with E-state index in [2.05, 4.69) is 41.5 Å². The smallest absolute Gasteiger partial charge is 0.0388 e. The summed E-state index contributed by atoms with van der Waals surface area (Å²) in [5.41, 5.74) is 0. The van der Waals surface area contributed by atoms with Crippen molar-refractivity contribution in [2.24, 2.45) is 35.5 Å². The van der Waals surface area contributed by atoms with Gasteiger partial charge in [0.1, 0.15) is 0 Å². The van der Waals surface area contributed by atoms with Crippen molar-refractivity contribution in [3.63, 3.8) is 0 Å². The molecule has 0 spiro atoms. The van der Waals surface area contributed by atoms with Crippen LogP contribution >= 0.6 is 0 Å². The normalized spacial score (nSPS) is 27.4. The van der Waals surface area contributed by atoms with Crippen LogP contribution in [0.15, 0.2) is 0 Å². The second-order valence-electron chi connectivity index (χ2n) is 9.35. The van der Waals surface area contributed by atoms with E-state index in [-0.39, 0.29) is 0 Å². The van der Waals surface area contributed by atoms with Crippen LogP contribution in [0.2, 0.25) is 0 Å². The highest BCUT2D eigenvalue weighted by molar-refractivity contribution is 4.73. The minimum atomic E-state index is 0.871. The minimum Gasteiger partial charge on any atom is -0.0628 e. The topological polar surface area (TPSA) is 0 Å². The van der Waals surface area contributed by atoms with Crippen molar-refractivity contribution in [3.05, 3.63) is 0 Å². The zero-order valence-electron chi connectivity index (χ0n) is 16.5. The Bertz CT molecular complexity index is 267. The number of hydrogen-bond donors (Lipinski definition) is 0. The number of rotatable bonds is 9. The molecule has 0 saturated heterocycles. The van der Waals surface area contributed by atoms with Crippen LogP contribution in [0.3, 0.4) is 0 Å². The van der Waals surface area contributed by atoms with E-state index >= 15 is 0 Å². The van der Waals surface area contributed by atoms with Crippen molar-refractivity contribution in [2.75, 3.05) is 0 Å². The summed E-state index contributed by atoms with van der Waals surface area (Å²) >= 11 is 0. The maximum Gasteiger partial charge on any atom is -0.0388 e. The van der Waals surface area contributed by atoms with Crippen LogP contribution in [0.4, 0.5) is 0 Å². The molecule has 0 N–H and O–H groups in total. The molecule has 1 aliphatic carbocycles. The molecule has 0 heterocycles. The second-order valence-corrected chi connectivity index (χ2v) is 9.35. The Balaban J connectivity index is 2.20. The van der Waals surface area contributed by atoms with E-state index < -0.39 is 0 Å². The lowest BCUT2D eigenvalue weighted by atomic mass is 9.81. The molecule has 132 valence electrons. The Morgan fingerprint density at radius 2 is 1.36 bits per heavy atom. The lowest BCUT2D eigenvalue weighted by Gasteiger charge is -2.25. The first kappa shape index (κ1) is 20.0. The fourth-order valence-corrected chi connectivity index (χ4v) is 4.41. The van der Waals surface area contributed by atoms with Crippen LogP contribution in [-0.2, 0) is 0 Å². The SMILES string of the molecule is CC(C)CCC(C)CC(C)CCC(C)C1CCCC(C)CC1. The summed E-state index contributed by atoms with van der Waals surface area (Å²) in [6.45, 7) is 14.7. The summed E-state index contributed by atoms with van der Waals surface area (Å²) in [4.78, 5) is 0. The van der Waals surface area contributed by atoms with E-state index in [1.165, 1.54) is 64.2 Å². The summed E-state index contributed by atoms with van der Waals surface area (Å²) < 4.78 is 0. The molecular weight excluding hydrogens is 264 g/mol. The summed E-state index contributed by atoms with van der Waals surface area (Å²) in [6, 6.07) is 0. The molecule has 1 fully saturated rings. The summed E-state index contributed by atoms with van der Waals surface area (Å²) in [6.07, 6.45) is 14.7. The van der Waals surface area contributed by atoms with Gasteiger partial charge in [-0.1, -0.05) is 92.9 Å². The maximum absolute atomic E-state index is 2.54. The molecule has 22 heavy (non-hydrogen) atoms. The Hall–Kier alpha value is 0. The highest BCUT2D eigenvalue weighted by Gasteiger charge is 2.22. The number of hydrogen-bond acceptors (Lipinski definition) is 0. The van der Waals surface area contributed by atoms with Crippen molar-refractivity contribution in [1.82, 2.24) is 0 Å². The molecule has 0 nitrogen and oxygen atoms in total. The molecule has 0 heteroatoms. The molecule has 0 aromatic rings. The molecule has 1 saturated carbocycles. The van der Waals surface area contributed by atoms with Crippen molar-refractivity contribution in [3.8, 4) is 0 Å². The molecule has 0 aliphatic heterocycles. The van der Waals surface area contributed by atoms with E-state index in [1.54, 1.807) is 0 Å². The third-order valence-corrected chi connectivity index (χ3v) is 6.26. The molecule has 1 rings (SSSR count). The minimum absolute atomic E-state index is 0.871. The van der Waals surface area contributed by atoms with Crippen molar-refractivity contribution in [2.45, 2.75) is 106 Å². The van der Waals surface area contributed by atoms with Gasteiger partial charge < -0.3 is 0 Å². The predicted octanol–water partition coefficient (Wildman–Crippen LogP) is 7.72. The fraction of sp³-hybridized carbons (Fsp3) is 1.00. The summed E-state index contributed by atoms with van der Waals surface area (Å²) in [5, 5.41) is 0. The van der Waals surface area contributed by atoms with Gasteiger partial charge in [0.2, 0.25) is 0 Å². The highest BCUT2D eigenvalue weighted by Crippen LogP contribution is 2.34. The molecular formula is C22H44. The van der Waals surface area contributed by atoms with Gasteiger partial charge in [-0.05, 0) is 48.3 Å². The van der Waals surface area contributed by atoms with Crippen LogP contribution < -0.4 is 0 Å². The summed E-state index contributed by atoms with van der Waals surface area (Å²) in [5.74, 6) is 5.68. The molecule has 0 amide bonds. The van der Waals surface area contributed by atoms with E-state index in [9.17, 15) is 0 Å². The van der Waals surface area contributed by atoms with Gasteiger partial charge in [-0.25, -0.2) is 0 Å². The zero-order chi connectivity index (χ0) is 16.5. The average Bonchev–Trinajstić information content (AvgIpc) is 2.67. The molecule has 0 bridgehead atoms. The molecule has 0 aromatic heterocycles. The van der Waals surface area contributed by atoms with Gasteiger partial charge in [0.15, 0.2) is 0 Å². The quantitative estimate of drug-likeness (QED) is 0.382. The molecule has 1 aliphatic rings. The lowest BCUT2D eigenvalue weighted by Crippen LogP contribution is -2.13. The third kappa shape index (κ3) is 8.59. The van der Waals surface area contributed by atoms with Gasteiger partial charge in [-0.15, -0.1) is 0 Å². The molecule has 0 radical (unpaired) electrons. The maximum atomic E-state index is 2.54. The largest absolute Gasteiger partial charge is 0.0628 e. The predicted molar refractivity (Wildman–Crippen MR) is 101 cm³/mol. The fourth-order valence-electron chi connectivity index (χ4n) is 4.41. The van der Waals surface area contributed by atoms with Crippen molar-refractivity contribution in [1.29, 1.82) is 0 Å². The molecule has 5 unspecified atom stereocenters. The third-order valence-electron chi connectivity index (χ3n) is 6.26. The average molecular weight is 309 g/mol. The lowest BCUT2D eigenvalue weighted by molar-refractivity contribution is 0.267. The van der Waals surface area contributed by atoms with Crippen LogP contribution in [0, 0.1) is 35.5 Å². The summed E-state index contributed by atoms with van der Waals surface area (Å²) in [7, 11) is 0. The standard InChI is InChI=1S/C22H44/c1-17(2)10-11-19(4)16-20(5)12-14-21(6)22-9-7-8-18(3)13-15-22/h17-22H,7-16H2,1-6H3. The monoisotopic (exact) mass is 308 g/mol. The van der Waals surface area contributed by atoms with Gasteiger partial charge in [-0.3, -0.25) is 0 Å². The van der Waals surface area contributed by atoms with Gasteiger partial charge in [0.05, 0.1) is 0 Å². The first-order valence-electron chi connectivity index (χ1n) is 10.4. The molecule has 5 atom stereocenters. The van der Waals surface area contributed by atoms with Crippen LogP contribution in [0.25, 0.3) is 0 Å². The van der Waals surface area contributed by atoms with Gasteiger partial charge in [0.25, 0.3) is 0 Å². The zero-order valence-corrected chi connectivity index (χ0v) is 16.5. The Morgan fingerprint density at radius 1 is 0.727 bits per heavy atom. The van der Waals surface area contributed by atoms with E-state index in [0.29, 0.717) is 0 Å². The Morgan fingerprint density at radius 3 is 2.00 bits per heavy atom. The van der Waals surface area contributed by atoms with E-state index in [1.807, 2.05) is 0 Å². The van der Waals surface area contributed by atoms with Crippen molar-refractivity contribution < 1.29 is 0 Å². The van der Waals surface area contributed by atoms with Crippen LogP contribution in [0.1, 0.15) is 106 Å². The van der Waals surface area contributed by atoms with Crippen LogP contribution in [-0.4, -0.2) is 0 Å². The van der Waals surface area contributed by atoms with Gasteiger partial charge >= 0.3 is 0 Å². The first-order valence-corrected chi connectivity index (χ1v) is 10.4. The Labute approximate surface area is 141 Å².